The molecule has 0 spiro atoms. The number of rotatable bonds is 2. The third kappa shape index (κ3) is 3.46. The van der Waals surface area contributed by atoms with Crippen molar-refractivity contribution in [2.75, 3.05) is 10.6 Å². The highest BCUT2D eigenvalue weighted by atomic mass is 19.4. The van der Waals surface area contributed by atoms with Crippen LogP contribution < -0.4 is 10.6 Å². The van der Waals surface area contributed by atoms with E-state index in [9.17, 15) is 23.1 Å². The van der Waals surface area contributed by atoms with Crippen LogP contribution in [0.15, 0.2) is 48.7 Å². The molecule has 0 saturated heterocycles. The maximum absolute atomic E-state index is 12.9. The number of carbonyl (C=O) groups is 1. The third-order valence-corrected chi connectivity index (χ3v) is 4.17. The van der Waals surface area contributed by atoms with Crippen molar-refractivity contribution in [2.24, 2.45) is 0 Å². The molecule has 1 aliphatic heterocycles. The summed E-state index contributed by atoms with van der Waals surface area (Å²) in [5.74, 6) is -0.702. The largest absolute Gasteiger partial charge is 0.508 e. The number of anilines is 3. The topological polar surface area (TPSA) is 87.1 Å². The van der Waals surface area contributed by atoms with Crippen LogP contribution in [0.2, 0.25) is 0 Å². The number of phenols is 1. The molecule has 0 atom stereocenters. The molecule has 4 rings (SSSR count). The number of hydrogen-bond donors (Lipinski definition) is 3. The number of nitrogens with one attached hydrogen (secondary N) is 2. The normalized spacial score (nSPS) is 13.2. The number of hydrogen-bond acceptors (Lipinski definition) is 5. The summed E-state index contributed by atoms with van der Waals surface area (Å²) in [4.78, 5) is 20.5. The summed E-state index contributed by atoms with van der Waals surface area (Å²) in [5.41, 5.74) is 1.36. The Hall–Kier alpha value is -3.62. The van der Waals surface area contributed by atoms with Gasteiger partial charge in [-0.05, 0) is 18.2 Å². The summed E-state index contributed by atoms with van der Waals surface area (Å²) in [6.07, 6.45) is -3.07. The zero-order valence-corrected chi connectivity index (χ0v) is 14.2. The van der Waals surface area contributed by atoms with Crippen LogP contribution in [0.25, 0.3) is 11.3 Å². The van der Waals surface area contributed by atoms with Crippen LogP contribution in [-0.2, 0) is 17.4 Å². The van der Waals surface area contributed by atoms with Gasteiger partial charge in [0.2, 0.25) is 11.9 Å². The molecule has 9 heteroatoms. The van der Waals surface area contributed by atoms with Crippen LogP contribution >= 0.6 is 0 Å². The highest BCUT2D eigenvalue weighted by Crippen LogP contribution is 2.35. The van der Waals surface area contributed by atoms with Crippen molar-refractivity contribution >= 4 is 23.2 Å². The Morgan fingerprint density at radius 3 is 2.71 bits per heavy atom. The standard InChI is InChI=1S/C19H13F3N4O2/c20-19(21,22)11-6-12(8-13(27)7-11)24-18-23-9-10-5-16(28)25-15-4-2-1-3-14(15)17(10)26-18/h1-4,6-9,27H,5H2,(H,25,28)(H,23,24,26). The van der Waals surface area contributed by atoms with Crippen molar-refractivity contribution in [2.45, 2.75) is 12.6 Å². The van der Waals surface area contributed by atoms with Crippen molar-refractivity contribution in [3.63, 3.8) is 0 Å². The van der Waals surface area contributed by atoms with Crippen molar-refractivity contribution in [3.05, 3.63) is 59.8 Å². The zero-order valence-electron chi connectivity index (χ0n) is 14.2. The number of phenolic OH excluding ortho intramolecular Hbond substituents is 1. The lowest BCUT2D eigenvalue weighted by molar-refractivity contribution is -0.137. The van der Waals surface area contributed by atoms with E-state index in [0.717, 1.165) is 12.1 Å². The van der Waals surface area contributed by atoms with E-state index < -0.39 is 17.5 Å². The number of aromatic hydroxyl groups is 1. The lowest BCUT2D eigenvalue weighted by atomic mass is 10.1. The van der Waals surface area contributed by atoms with E-state index in [1.54, 1.807) is 24.3 Å². The number of alkyl halides is 3. The number of nitrogens with zero attached hydrogens (tertiary/aromatic N) is 2. The van der Waals surface area contributed by atoms with Gasteiger partial charge >= 0.3 is 6.18 Å². The molecule has 2 aromatic carbocycles. The summed E-state index contributed by atoms with van der Waals surface area (Å²) in [6.45, 7) is 0. The summed E-state index contributed by atoms with van der Waals surface area (Å²) in [6, 6.07) is 9.72. The second-order valence-electron chi connectivity index (χ2n) is 6.23. The van der Waals surface area contributed by atoms with Gasteiger partial charge in [0.25, 0.3) is 0 Å². The minimum absolute atomic E-state index is 0.0108. The van der Waals surface area contributed by atoms with Crippen molar-refractivity contribution in [1.82, 2.24) is 9.97 Å². The van der Waals surface area contributed by atoms with E-state index in [-0.39, 0.29) is 24.0 Å². The van der Waals surface area contributed by atoms with E-state index in [0.29, 0.717) is 28.6 Å². The molecular weight excluding hydrogens is 373 g/mol. The Labute approximate surface area is 157 Å². The second kappa shape index (κ2) is 6.52. The summed E-state index contributed by atoms with van der Waals surface area (Å²) in [7, 11) is 0. The quantitative estimate of drug-likeness (QED) is 0.617. The van der Waals surface area contributed by atoms with E-state index in [1.165, 1.54) is 6.20 Å². The summed E-state index contributed by atoms with van der Waals surface area (Å²) >= 11 is 0. The molecule has 142 valence electrons. The van der Waals surface area contributed by atoms with Gasteiger partial charge in [-0.2, -0.15) is 13.2 Å². The molecule has 0 radical (unpaired) electrons. The van der Waals surface area contributed by atoms with Crippen molar-refractivity contribution in [3.8, 4) is 17.0 Å². The van der Waals surface area contributed by atoms with Crippen LogP contribution in [0.5, 0.6) is 5.75 Å². The first-order chi connectivity index (χ1) is 13.3. The monoisotopic (exact) mass is 386 g/mol. The molecule has 1 aliphatic rings. The van der Waals surface area contributed by atoms with Crippen molar-refractivity contribution in [1.29, 1.82) is 0 Å². The van der Waals surface area contributed by atoms with Gasteiger partial charge in [0.1, 0.15) is 5.75 Å². The van der Waals surface area contributed by atoms with Gasteiger partial charge in [-0.25, -0.2) is 9.97 Å². The van der Waals surface area contributed by atoms with Gasteiger partial charge < -0.3 is 15.7 Å². The molecule has 0 unspecified atom stereocenters. The Kier molecular flexibility index (Phi) is 4.14. The fourth-order valence-corrected chi connectivity index (χ4v) is 2.97. The van der Waals surface area contributed by atoms with Crippen LogP contribution in [-0.4, -0.2) is 21.0 Å². The number of aromatic nitrogens is 2. The molecule has 1 aromatic heterocycles. The second-order valence-corrected chi connectivity index (χ2v) is 6.23. The molecule has 1 amide bonds. The molecule has 0 fully saturated rings. The van der Waals surface area contributed by atoms with Gasteiger partial charge in [-0.15, -0.1) is 0 Å². The molecule has 3 N–H and O–H groups in total. The average Bonchev–Trinajstić information content (AvgIpc) is 2.76. The van der Waals surface area contributed by atoms with Gasteiger partial charge in [0, 0.05) is 29.1 Å². The van der Waals surface area contributed by atoms with Gasteiger partial charge in [-0.1, -0.05) is 18.2 Å². The number of carbonyl (C=O) groups excluding carboxylic acids is 1. The van der Waals surface area contributed by atoms with Crippen LogP contribution in [0.1, 0.15) is 11.1 Å². The number of halogens is 3. The van der Waals surface area contributed by atoms with Crippen molar-refractivity contribution < 1.29 is 23.1 Å². The number of amides is 1. The molecule has 0 bridgehead atoms. The Morgan fingerprint density at radius 2 is 1.93 bits per heavy atom. The SMILES string of the molecule is O=C1Cc2cnc(Nc3cc(O)cc(C(F)(F)F)c3)nc2-c2ccccc2N1. The number of benzene rings is 2. The molecule has 6 nitrogen and oxygen atoms in total. The predicted molar refractivity (Wildman–Crippen MR) is 96.2 cm³/mol. The fourth-order valence-electron chi connectivity index (χ4n) is 2.97. The van der Waals surface area contributed by atoms with Gasteiger partial charge in [-0.3, -0.25) is 4.79 Å². The number of fused-ring (bicyclic) bond motifs is 3. The highest BCUT2D eigenvalue weighted by Gasteiger charge is 2.31. The average molecular weight is 386 g/mol. The van der Waals surface area contributed by atoms with E-state index in [1.807, 2.05) is 0 Å². The van der Waals surface area contributed by atoms with E-state index in [4.69, 9.17) is 0 Å². The fraction of sp³-hybridized carbons (Fsp3) is 0.105. The molecule has 3 aromatic rings. The molecule has 0 aliphatic carbocycles. The van der Waals surface area contributed by atoms with Crippen LogP contribution in [0, 0.1) is 0 Å². The first kappa shape index (κ1) is 17.8. The summed E-state index contributed by atoms with van der Waals surface area (Å²) < 4.78 is 38.8. The Morgan fingerprint density at radius 1 is 1.14 bits per heavy atom. The predicted octanol–water partition coefficient (Wildman–Crippen LogP) is 4.11. The minimum Gasteiger partial charge on any atom is -0.508 e. The summed E-state index contributed by atoms with van der Waals surface area (Å²) in [5, 5.41) is 15.1. The Bertz CT molecular complexity index is 1080. The Balaban J connectivity index is 1.75. The molecular formula is C19H13F3N4O2. The molecule has 2 heterocycles. The zero-order chi connectivity index (χ0) is 19.9. The minimum atomic E-state index is -4.60. The van der Waals surface area contributed by atoms with Gasteiger partial charge in [0.15, 0.2) is 0 Å². The first-order valence-electron chi connectivity index (χ1n) is 8.23. The van der Waals surface area contributed by atoms with E-state index >= 15 is 0 Å². The first-order valence-corrected chi connectivity index (χ1v) is 8.23. The lowest BCUT2D eigenvalue weighted by Gasteiger charge is -2.12. The molecule has 28 heavy (non-hydrogen) atoms. The van der Waals surface area contributed by atoms with Crippen LogP contribution in [0.3, 0.4) is 0 Å². The highest BCUT2D eigenvalue weighted by molar-refractivity contribution is 5.99. The number of para-hydroxylation sites is 1. The van der Waals surface area contributed by atoms with Gasteiger partial charge in [0.05, 0.1) is 23.4 Å². The maximum atomic E-state index is 12.9. The third-order valence-electron chi connectivity index (χ3n) is 4.17. The maximum Gasteiger partial charge on any atom is 0.416 e. The smallest absolute Gasteiger partial charge is 0.416 e. The molecule has 0 saturated carbocycles. The van der Waals surface area contributed by atoms with Crippen LogP contribution in [0.4, 0.5) is 30.5 Å². The lowest BCUT2D eigenvalue weighted by Crippen LogP contribution is -2.12. The van der Waals surface area contributed by atoms with E-state index in [2.05, 4.69) is 20.6 Å².